The van der Waals surface area contributed by atoms with Gasteiger partial charge in [-0.05, 0) is 49.2 Å². The monoisotopic (exact) mass is 365 g/mol. The Bertz CT molecular complexity index is 922. The number of nitrogens with two attached hydrogens (primary N) is 1. The van der Waals surface area contributed by atoms with Crippen molar-refractivity contribution in [1.29, 1.82) is 5.41 Å². The lowest BCUT2D eigenvalue weighted by Crippen LogP contribution is -2.25. The number of hydrogen-bond acceptors (Lipinski definition) is 4. The number of rotatable bonds is 3. The molecule has 0 saturated carbocycles. The lowest BCUT2D eigenvalue weighted by molar-refractivity contribution is 0.431. The predicted octanol–water partition coefficient (Wildman–Crippen LogP) is 2.35. The summed E-state index contributed by atoms with van der Waals surface area (Å²) < 4.78 is 13.9. The molecule has 7 heteroatoms. The lowest BCUT2D eigenvalue weighted by atomic mass is 10.1. The van der Waals surface area contributed by atoms with Crippen LogP contribution < -0.4 is 16.1 Å². The molecule has 0 bridgehead atoms. The van der Waals surface area contributed by atoms with Gasteiger partial charge in [0.1, 0.15) is 0 Å². The number of halogens is 1. The molecule has 0 aliphatic carbocycles. The van der Waals surface area contributed by atoms with Crippen molar-refractivity contribution in [2.24, 2.45) is 10.8 Å². The van der Waals surface area contributed by atoms with Crippen LogP contribution in [0.3, 0.4) is 0 Å². The van der Waals surface area contributed by atoms with Gasteiger partial charge in [0, 0.05) is 35.5 Å². The smallest absolute Gasteiger partial charge is 0.206 e. The van der Waals surface area contributed by atoms with Crippen LogP contribution >= 0.6 is 0 Å². The molecule has 2 aromatic rings. The van der Waals surface area contributed by atoms with Gasteiger partial charge in [0.25, 0.3) is 0 Å². The molecule has 0 radical (unpaired) electrons. The van der Waals surface area contributed by atoms with Crippen LogP contribution in [0, 0.1) is 23.1 Å². The van der Waals surface area contributed by atoms with Crippen LogP contribution in [0.1, 0.15) is 29.5 Å². The van der Waals surface area contributed by atoms with Crippen molar-refractivity contribution in [3.63, 3.8) is 0 Å². The number of aromatic hydroxyl groups is 1. The lowest BCUT2D eigenvalue weighted by Gasteiger charge is -2.17. The highest BCUT2D eigenvalue weighted by Gasteiger charge is 2.11. The third-order valence-corrected chi connectivity index (χ3v) is 4.17. The Kier molecular flexibility index (Phi) is 5.57. The molecule has 0 atom stereocenters. The summed E-state index contributed by atoms with van der Waals surface area (Å²) in [6, 6.07) is 10.6. The van der Waals surface area contributed by atoms with Crippen LogP contribution in [-0.4, -0.2) is 30.4 Å². The van der Waals surface area contributed by atoms with E-state index in [4.69, 9.17) is 11.1 Å². The fraction of sp³-hybridized carbons (Fsp3) is 0.200. The van der Waals surface area contributed by atoms with Crippen LogP contribution in [0.2, 0.25) is 0 Å². The summed E-state index contributed by atoms with van der Waals surface area (Å²) >= 11 is 0. The van der Waals surface area contributed by atoms with E-state index >= 15 is 0 Å². The molecular weight excluding hydrogens is 345 g/mol. The predicted molar refractivity (Wildman–Crippen MR) is 105 cm³/mol. The molecule has 0 spiro atoms. The Morgan fingerprint density at radius 1 is 1.19 bits per heavy atom. The van der Waals surface area contributed by atoms with Gasteiger partial charge in [0.15, 0.2) is 11.6 Å². The average molecular weight is 365 g/mol. The highest BCUT2D eigenvalue weighted by atomic mass is 19.1. The SMILES string of the molecule is N=C(N)N/N=C/c1cc(C#Cc2ccc(N3CCCC3)cc2)cc(F)c1O. The van der Waals surface area contributed by atoms with E-state index in [2.05, 4.69) is 27.3 Å². The number of phenolic OH excluding ortho intramolecular Hbond substituents is 1. The van der Waals surface area contributed by atoms with Gasteiger partial charge in [0.05, 0.1) is 6.21 Å². The first kappa shape index (κ1) is 18.3. The number of guanidine groups is 1. The first-order valence-corrected chi connectivity index (χ1v) is 8.55. The highest BCUT2D eigenvalue weighted by molar-refractivity contribution is 5.85. The first-order chi connectivity index (χ1) is 13.0. The van der Waals surface area contributed by atoms with E-state index < -0.39 is 11.6 Å². The highest BCUT2D eigenvalue weighted by Crippen LogP contribution is 2.22. The van der Waals surface area contributed by atoms with Gasteiger partial charge in [-0.3, -0.25) is 5.41 Å². The van der Waals surface area contributed by atoms with E-state index in [9.17, 15) is 9.50 Å². The summed E-state index contributed by atoms with van der Waals surface area (Å²) in [6.07, 6.45) is 3.62. The quantitative estimate of drug-likeness (QED) is 0.290. The van der Waals surface area contributed by atoms with Gasteiger partial charge in [-0.15, -0.1) is 0 Å². The molecule has 0 unspecified atom stereocenters. The minimum Gasteiger partial charge on any atom is -0.504 e. The maximum absolute atomic E-state index is 13.9. The third kappa shape index (κ3) is 4.76. The summed E-state index contributed by atoms with van der Waals surface area (Å²) in [5.74, 6) is 4.19. The zero-order chi connectivity index (χ0) is 19.2. The molecule has 27 heavy (non-hydrogen) atoms. The molecule has 6 nitrogen and oxygen atoms in total. The summed E-state index contributed by atoms with van der Waals surface area (Å²) in [4.78, 5) is 2.34. The van der Waals surface area contributed by atoms with Crippen molar-refractivity contribution >= 4 is 17.9 Å². The Balaban J connectivity index is 1.78. The second-order valence-electron chi connectivity index (χ2n) is 6.17. The van der Waals surface area contributed by atoms with Gasteiger partial charge < -0.3 is 15.7 Å². The van der Waals surface area contributed by atoms with Crippen LogP contribution in [0.4, 0.5) is 10.1 Å². The Hall–Kier alpha value is -3.53. The molecule has 1 saturated heterocycles. The molecule has 5 N–H and O–H groups in total. The van der Waals surface area contributed by atoms with E-state index in [1.54, 1.807) is 0 Å². The summed E-state index contributed by atoms with van der Waals surface area (Å²) in [5, 5.41) is 20.4. The van der Waals surface area contributed by atoms with Gasteiger partial charge in [-0.25, -0.2) is 9.82 Å². The topological polar surface area (TPSA) is 97.7 Å². The molecule has 3 rings (SSSR count). The molecule has 138 valence electrons. The largest absolute Gasteiger partial charge is 0.504 e. The van der Waals surface area contributed by atoms with Crippen LogP contribution in [0.25, 0.3) is 0 Å². The van der Waals surface area contributed by atoms with Gasteiger partial charge in [-0.2, -0.15) is 5.10 Å². The maximum Gasteiger partial charge on any atom is 0.206 e. The molecule has 1 aliphatic heterocycles. The van der Waals surface area contributed by atoms with Crippen molar-refractivity contribution in [3.05, 3.63) is 58.9 Å². The van der Waals surface area contributed by atoms with Crippen molar-refractivity contribution in [1.82, 2.24) is 5.43 Å². The molecule has 0 aromatic heterocycles. The number of benzene rings is 2. The van der Waals surface area contributed by atoms with Crippen LogP contribution in [0.15, 0.2) is 41.5 Å². The number of phenols is 1. The van der Waals surface area contributed by atoms with Gasteiger partial charge >= 0.3 is 0 Å². The molecule has 0 amide bonds. The van der Waals surface area contributed by atoms with E-state index in [1.807, 2.05) is 24.3 Å². The zero-order valence-electron chi connectivity index (χ0n) is 14.7. The summed E-state index contributed by atoms with van der Waals surface area (Å²) in [7, 11) is 0. The average Bonchev–Trinajstić information content (AvgIpc) is 3.18. The maximum atomic E-state index is 13.9. The van der Waals surface area contributed by atoms with Crippen molar-refractivity contribution < 1.29 is 9.50 Å². The van der Waals surface area contributed by atoms with E-state index in [1.165, 1.54) is 30.8 Å². The van der Waals surface area contributed by atoms with Crippen molar-refractivity contribution in [2.45, 2.75) is 12.8 Å². The van der Waals surface area contributed by atoms with E-state index in [0.717, 1.165) is 24.7 Å². The summed E-state index contributed by atoms with van der Waals surface area (Å²) in [6.45, 7) is 2.17. The van der Waals surface area contributed by atoms with Crippen molar-refractivity contribution in [3.8, 4) is 17.6 Å². The van der Waals surface area contributed by atoms with Crippen molar-refractivity contribution in [2.75, 3.05) is 18.0 Å². The van der Waals surface area contributed by atoms with Crippen LogP contribution in [-0.2, 0) is 0 Å². The third-order valence-electron chi connectivity index (χ3n) is 4.17. The molecule has 1 fully saturated rings. The number of hydrazone groups is 1. The number of nitrogens with zero attached hydrogens (tertiary/aromatic N) is 2. The second-order valence-corrected chi connectivity index (χ2v) is 6.17. The second kappa shape index (κ2) is 8.23. The fourth-order valence-corrected chi connectivity index (χ4v) is 2.84. The summed E-state index contributed by atoms with van der Waals surface area (Å²) in [5.41, 5.74) is 9.86. The van der Waals surface area contributed by atoms with Gasteiger partial charge in [-0.1, -0.05) is 11.8 Å². The molecule has 1 heterocycles. The number of anilines is 1. The fourth-order valence-electron chi connectivity index (χ4n) is 2.84. The van der Waals surface area contributed by atoms with Gasteiger partial charge in [0.2, 0.25) is 5.96 Å². The minimum absolute atomic E-state index is 0.137. The Morgan fingerprint density at radius 2 is 1.85 bits per heavy atom. The zero-order valence-corrected chi connectivity index (χ0v) is 14.7. The Labute approximate surface area is 157 Å². The minimum atomic E-state index is -0.796. The Morgan fingerprint density at radius 3 is 2.52 bits per heavy atom. The van der Waals surface area contributed by atoms with Crippen LogP contribution in [0.5, 0.6) is 5.75 Å². The number of nitrogens with one attached hydrogen (secondary N) is 2. The molecular formula is C20H20FN5O. The standard InChI is InChI=1S/C20H20FN5O/c21-18-12-15(11-16(19(18)27)13-24-25-20(22)23)4-3-14-5-7-17(8-6-14)26-9-1-2-10-26/h5-8,11-13,27H,1-2,9-10H2,(H4,22,23,25)/b24-13+. The first-order valence-electron chi connectivity index (χ1n) is 8.55. The van der Waals surface area contributed by atoms with E-state index in [0.29, 0.717) is 5.56 Å². The number of hydrogen-bond donors (Lipinski definition) is 4. The normalized spacial score (nSPS) is 13.4. The molecule has 2 aromatic carbocycles. The van der Waals surface area contributed by atoms with E-state index in [-0.39, 0.29) is 11.5 Å². The molecule has 1 aliphatic rings.